The Bertz CT molecular complexity index is 288. The molecule has 0 aliphatic heterocycles. The molecule has 1 aromatic heterocycles. The van der Waals surface area contributed by atoms with E-state index in [9.17, 15) is 0 Å². The van der Waals surface area contributed by atoms with Crippen molar-refractivity contribution < 1.29 is 17.4 Å². The SMILES string of the molecule is [Cl-].c1ccc2[se]c[nH+]c2c1. The van der Waals surface area contributed by atoms with Gasteiger partial charge >= 0.3 is 58.6 Å². The van der Waals surface area contributed by atoms with Crippen LogP contribution in [0.3, 0.4) is 0 Å². The number of nitrogens with one attached hydrogen (secondary N) is 1. The van der Waals surface area contributed by atoms with Gasteiger partial charge in [0.15, 0.2) is 0 Å². The number of H-pyrrole nitrogens is 1. The third kappa shape index (κ3) is 1.24. The molecule has 0 fully saturated rings. The Balaban J connectivity index is 0.000000500. The molecule has 1 heterocycles. The van der Waals surface area contributed by atoms with Crippen LogP contribution in [-0.2, 0) is 0 Å². The monoisotopic (exact) mass is 219 g/mol. The first-order chi connectivity index (χ1) is 4.47. The van der Waals surface area contributed by atoms with Gasteiger partial charge in [-0.05, 0) is 0 Å². The Labute approximate surface area is 71.2 Å². The predicted molar refractivity (Wildman–Crippen MR) is 37.4 cm³/mol. The molecule has 2 rings (SSSR count). The molecule has 1 nitrogen and oxygen atoms in total. The molecule has 0 aliphatic rings. The molecule has 1 N–H and O–H groups in total. The van der Waals surface area contributed by atoms with Crippen LogP contribution in [0.2, 0.25) is 0 Å². The first-order valence-corrected chi connectivity index (χ1v) is 4.65. The Hall–Kier alpha value is -0.301. The number of hydrogen-bond donors (Lipinski definition) is 0. The average Bonchev–Trinajstić information content (AvgIpc) is 2.33. The van der Waals surface area contributed by atoms with Gasteiger partial charge in [0.2, 0.25) is 0 Å². The standard InChI is InChI=1S/C7H5NSe.ClH/c1-2-4-7-6(3-1)8-5-9-7;/h1-5H;1H. The van der Waals surface area contributed by atoms with Crippen LogP contribution in [0, 0.1) is 0 Å². The first kappa shape index (κ1) is 7.80. The summed E-state index contributed by atoms with van der Waals surface area (Å²) in [5, 5.41) is 2.14. The first-order valence-electron chi connectivity index (χ1n) is 2.81. The van der Waals surface area contributed by atoms with Crippen LogP contribution < -0.4 is 17.4 Å². The molecule has 0 atom stereocenters. The van der Waals surface area contributed by atoms with Crippen LogP contribution in [0.15, 0.2) is 29.3 Å². The van der Waals surface area contributed by atoms with Gasteiger partial charge in [-0.3, -0.25) is 0 Å². The predicted octanol–water partition coefficient (Wildman–Crippen LogP) is -2.29. The van der Waals surface area contributed by atoms with Crippen molar-refractivity contribution >= 4 is 24.3 Å². The van der Waals surface area contributed by atoms with Crippen molar-refractivity contribution in [3.63, 3.8) is 0 Å². The second-order valence-electron chi connectivity index (χ2n) is 1.88. The summed E-state index contributed by atoms with van der Waals surface area (Å²) in [6.07, 6.45) is 0. The van der Waals surface area contributed by atoms with E-state index >= 15 is 0 Å². The second-order valence-corrected chi connectivity index (χ2v) is 3.79. The van der Waals surface area contributed by atoms with E-state index in [-0.39, 0.29) is 12.4 Å². The molecule has 0 radical (unpaired) electrons. The molecule has 0 unspecified atom stereocenters. The number of para-hydroxylation sites is 1. The van der Waals surface area contributed by atoms with E-state index in [1.54, 1.807) is 0 Å². The molecule has 10 heavy (non-hydrogen) atoms. The number of fused-ring (bicyclic) bond motifs is 1. The van der Waals surface area contributed by atoms with E-state index in [0.717, 1.165) is 0 Å². The van der Waals surface area contributed by atoms with Crippen LogP contribution >= 0.6 is 0 Å². The minimum atomic E-state index is 0. The third-order valence-corrected chi connectivity index (χ3v) is 3.06. The maximum atomic E-state index is 3.20. The molecule has 2 aromatic rings. The van der Waals surface area contributed by atoms with Gasteiger partial charge < -0.3 is 12.4 Å². The number of aromatic amines is 1. The molecule has 0 bridgehead atoms. The molecule has 52 valence electrons. The van der Waals surface area contributed by atoms with E-state index in [1.807, 2.05) is 0 Å². The molecule has 0 spiro atoms. The van der Waals surface area contributed by atoms with Crippen molar-refractivity contribution in [1.29, 1.82) is 0 Å². The van der Waals surface area contributed by atoms with Crippen LogP contribution in [0.25, 0.3) is 9.78 Å². The summed E-state index contributed by atoms with van der Waals surface area (Å²) in [6.45, 7) is 0. The number of halogens is 1. The van der Waals surface area contributed by atoms with Gasteiger partial charge in [-0.2, -0.15) is 0 Å². The van der Waals surface area contributed by atoms with E-state index < -0.39 is 0 Å². The zero-order chi connectivity index (χ0) is 6.10. The molecular formula is C7H6ClNSe. The summed E-state index contributed by atoms with van der Waals surface area (Å²) >= 11 is 0.566. The van der Waals surface area contributed by atoms with Crippen molar-refractivity contribution in [2.24, 2.45) is 0 Å². The zero-order valence-electron chi connectivity index (χ0n) is 5.17. The van der Waals surface area contributed by atoms with E-state index in [0.29, 0.717) is 14.5 Å². The Morgan fingerprint density at radius 3 is 2.80 bits per heavy atom. The fourth-order valence-electron chi connectivity index (χ4n) is 0.845. The summed E-state index contributed by atoms with van der Waals surface area (Å²) in [7, 11) is 0. The van der Waals surface area contributed by atoms with Crippen molar-refractivity contribution in [1.82, 2.24) is 0 Å². The van der Waals surface area contributed by atoms with Crippen LogP contribution in [-0.4, -0.2) is 14.5 Å². The van der Waals surface area contributed by atoms with Gasteiger partial charge in [0.25, 0.3) is 0 Å². The summed E-state index contributed by atoms with van der Waals surface area (Å²) in [5.74, 6) is 0. The summed E-state index contributed by atoms with van der Waals surface area (Å²) in [6, 6.07) is 8.43. The van der Waals surface area contributed by atoms with Gasteiger partial charge in [0.1, 0.15) is 0 Å². The molecular weight excluding hydrogens is 212 g/mol. The van der Waals surface area contributed by atoms with Crippen molar-refractivity contribution in [2.75, 3.05) is 0 Å². The fraction of sp³-hybridized carbons (Fsp3) is 0. The number of aromatic nitrogens is 1. The molecule has 0 aliphatic carbocycles. The molecule has 0 saturated heterocycles. The van der Waals surface area contributed by atoms with E-state index in [2.05, 4.69) is 34.3 Å². The quantitative estimate of drug-likeness (QED) is 0.442. The molecule has 0 amide bonds. The molecule has 1 aromatic carbocycles. The molecule has 0 saturated carbocycles. The van der Waals surface area contributed by atoms with E-state index in [1.165, 1.54) is 9.78 Å². The van der Waals surface area contributed by atoms with Crippen LogP contribution in [0.1, 0.15) is 0 Å². The topological polar surface area (TPSA) is 14.1 Å². The minimum absolute atomic E-state index is 0. The van der Waals surface area contributed by atoms with Gasteiger partial charge in [-0.1, -0.05) is 0 Å². The van der Waals surface area contributed by atoms with Gasteiger partial charge in [-0.15, -0.1) is 0 Å². The number of benzene rings is 1. The van der Waals surface area contributed by atoms with Crippen LogP contribution in [0.4, 0.5) is 0 Å². The average molecular weight is 219 g/mol. The third-order valence-electron chi connectivity index (χ3n) is 1.29. The summed E-state index contributed by atoms with van der Waals surface area (Å²) in [5.41, 5.74) is 1.29. The summed E-state index contributed by atoms with van der Waals surface area (Å²) in [4.78, 5) is 3.20. The zero-order valence-corrected chi connectivity index (χ0v) is 7.64. The van der Waals surface area contributed by atoms with Gasteiger partial charge in [-0.25, -0.2) is 0 Å². The Morgan fingerprint density at radius 2 is 2.00 bits per heavy atom. The Morgan fingerprint density at radius 1 is 1.20 bits per heavy atom. The van der Waals surface area contributed by atoms with Crippen molar-refractivity contribution in [3.05, 3.63) is 29.3 Å². The number of rotatable bonds is 0. The van der Waals surface area contributed by atoms with Crippen molar-refractivity contribution in [2.45, 2.75) is 0 Å². The normalized spacial score (nSPS) is 9.20. The molecule has 3 heteroatoms. The van der Waals surface area contributed by atoms with Gasteiger partial charge in [0, 0.05) is 0 Å². The fourth-order valence-corrected chi connectivity index (χ4v) is 2.36. The second kappa shape index (κ2) is 3.20. The van der Waals surface area contributed by atoms with Gasteiger partial charge in [0.05, 0.1) is 0 Å². The van der Waals surface area contributed by atoms with E-state index in [4.69, 9.17) is 0 Å². The maximum absolute atomic E-state index is 3.20. The Kier molecular flexibility index (Phi) is 2.50. The van der Waals surface area contributed by atoms with Crippen LogP contribution in [0.5, 0.6) is 0 Å². The summed E-state index contributed by atoms with van der Waals surface area (Å²) < 4.78 is 1.46. The number of hydrogen-bond acceptors (Lipinski definition) is 0. The van der Waals surface area contributed by atoms with Crippen molar-refractivity contribution in [3.8, 4) is 0 Å².